The molecule has 0 radical (unpaired) electrons. The van der Waals surface area contributed by atoms with E-state index in [-0.39, 0.29) is 11.8 Å². The van der Waals surface area contributed by atoms with Gasteiger partial charge in [-0.05, 0) is 18.1 Å². The van der Waals surface area contributed by atoms with Crippen molar-refractivity contribution >= 4 is 6.03 Å². The number of ether oxygens (including phenoxy) is 1. The lowest BCUT2D eigenvalue weighted by atomic mass is 10.1. The third-order valence-electron chi connectivity index (χ3n) is 2.93. The minimum Gasteiger partial charge on any atom is -0.378 e. The summed E-state index contributed by atoms with van der Waals surface area (Å²) >= 11 is 0. The SMILES string of the molecule is O=C(NCCc1ccccc1F)N1CCOCC1. The molecule has 0 unspecified atom stereocenters. The van der Waals surface area contributed by atoms with Crippen LogP contribution < -0.4 is 5.32 Å². The van der Waals surface area contributed by atoms with E-state index in [0.717, 1.165) is 0 Å². The van der Waals surface area contributed by atoms with Crippen LogP contribution in [0.4, 0.5) is 9.18 Å². The lowest BCUT2D eigenvalue weighted by molar-refractivity contribution is 0.0533. The van der Waals surface area contributed by atoms with Gasteiger partial charge in [0, 0.05) is 19.6 Å². The highest BCUT2D eigenvalue weighted by molar-refractivity contribution is 5.74. The van der Waals surface area contributed by atoms with Crippen LogP contribution >= 0.6 is 0 Å². The van der Waals surface area contributed by atoms with Crippen molar-refractivity contribution in [3.8, 4) is 0 Å². The molecule has 1 fully saturated rings. The Bertz CT molecular complexity index is 406. The van der Waals surface area contributed by atoms with Gasteiger partial charge in [-0.3, -0.25) is 0 Å². The number of hydrogen-bond donors (Lipinski definition) is 1. The highest BCUT2D eigenvalue weighted by Crippen LogP contribution is 2.06. The third kappa shape index (κ3) is 3.43. The van der Waals surface area contributed by atoms with E-state index in [1.165, 1.54) is 6.07 Å². The summed E-state index contributed by atoms with van der Waals surface area (Å²) in [6.45, 7) is 2.84. The molecule has 0 saturated carbocycles. The molecular formula is C13H17FN2O2. The molecule has 0 bridgehead atoms. The van der Waals surface area contributed by atoms with Crippen molar-refractivity contribution in [3.63, 3.8) is 0 Å². The van der Waals surface area contributed by atoms with Crippen molar-refractivity contribution in [2.24, 2.45) is 0 Å². The van der Waals surface area contributed by atoms with Gasteiger partial charge in [-0.2, -0.15) is 0 Å². The highest BCUT2D eigenvalue weighted by Gasteiger charge is 2.15. The summed E-state index contributed by atoms with van der Waals surface area (Å²) in [6, 6.07) is 6.51. The Hall–Kier alpha value is -1.62. The maximum atomic E-state index is 13.3. The first-order valence-electron chi connectivity index (χ1n) is 6.11. The zero-order valence-corrected chi connectivity index (χ0v) is 10.2. The number of morpholine rings is 1. The lowest BCUT2D eigenvalue weighted by Gasteiger charge is -2.26. The molecule has 2 rings (SSSR count). The van der Waals surface area contributed by atoms with Gasteiger partial charge in [0.15, 0.2) is 0 Å². The summed E-state index contributed by atoms with van der Waals surface area (Å²) in [7, 11) is 0. The van der Waals surface area contributed by atoms with Gasteiger partial charge in [0.25, 0.3) is 0 Å². The van der Waals surface area contributed by atoms with E-state index in [1.54, 1.807) is 23.1 Å². The normalized spacial score (nSPS) is 15.5. The number of carbonyl (C=O) groups is 1. The Labute approximate surface area is 106 Å². The van der Waals surface area contributed by atoms with Crippen LogP contribution in [0, 0.1) is 5.82 Å². The second-order valence-corrected chi connectivity index (χ2v) is 4.17. The zero-order chi connectivity index (χ0) is 12.8. The molecular weight excluding hydrogens is 235 g/mol. The molecule has 1 aliphatic rings. The number of nitrogens with zero attached hydrogens (tertiary/aromatic N) is 1. The average Bonchev–Trinajstić information content (AvgIpc) is 2.42. The predicted molar refractivity (Wildman–Crippen MR) is 65.9 cm³/mol. The van der Waals surface area contributed by atoms with Gasteiger partial charge in [-0.25, -0.2) is 9.18 Å². The molecule has 1 saturated heterocycles. The van der Waals surface area contributed by atoms with Crippen LogP contribution in [0.25, 0.3) is 0 Å². The second-order valence-electron chi connectivity index (χ2n) is 4.17. The van der Waals surface area contributed by atoms with Crippen LogP contribution in [-0.2, 0) is 11.2 Å². The molecule has 0 aliphatic carbocycles. The monoisotopic (exact) mass is 252 g/mol. The van der Waals surface area contributed by atoms with Gasteiger partial charge in [-0.1, -0.05) is 18.2 Å². The second kappa shape index (κ2) is 6.35. The van der Waals surface area contributed by atoms with Gasteiger partial charge in [-0.15, -0.1) is 0 Å². The van der Waals surface area contributed by atoms with Gasteiger partial charge >= 0.3 is 6.03 Å². The average molecular weight is 252 g/mol. The number of benzene rings is 1. The van der Waals surface area contributed by atoms with Crippen LogP contribution in [-0.4, -0.2) is 43.8 Å². The van der Waals surface area contributed by atoms with E-state index in [0.29, 0.717) is 44.8 Å². The summed E-state index contributed by atoms with van der Waals surface area (Å²) in [5.41, 5.74) is 0.625. The number of halogens is 1. The Morgan fingerprint density at radius 1 is 1.33 bits per heavy atom. The van der Waals surface area contributed by atoms with E-state index >= 15 is 0 Å². The van der Waals surface area contributed by atoms with Crippen LogP contribution in [0.1, 0.15) is 5.56 Å². The van der Waals surface area contributed by atoms with Crippen LogP contribution in [0.2, 0.25) is 0 Å². The largest absolute Gasteiger partial charge is 0.378 e. The molecule has 1 aromatic carbocycles. The fourth-order valence-corrected chi connectivity index (χ4v) is 1.88. The third-order valence-corrected chi connectivity index (χ3v) is 2.93. The Kier molecular flexibility index (Phi) is 4.52. The Balaban J connectivity index is 1.75. The topological polar surface area (TPSA) is 41.6 Å². The van der Waals surface area contributed by atoms with E-state index in [2.05, 4.69) is 5.32 Å². The zero-order valence-electron chi connectivity index (χ0n) is 10.2. The fraction of sp³-hybridized carbons (Fsp3) is 0.462. The number of amides is 2. The molecule has 1 aromatic rings. The van der Waals surface area contributed by atoms with Gasteiger partial charge < -0.3 is 15.0 Å². The highest BCUT2D eigenvalue weighted by atomic mass is 19.1. The van der Waals surface area contributed by atoms with Crippen molar-refractivity contribution in [3.05, 3.63) is 35.6 Å². The molecule has 4 nitrogen and oxygen atoms in total. The number of nitrogens with one attached hydrogen (secondary N) is 1. The molecule has 98 valence electrons. The van der Waals surface area contributed by atoms with E-state index in [1.807, 2.05) is 0 Å². The maximum Gasteiger partial charge on any atom is 0.317 e. The van der Waals surface area contributed by atoms with Crippen molar-refractivity contribution in [2.45, 2.75) is 6.42 Å². The molecule has 0 atom stereocenters. The Morgan fingerprint density at radius 3 is 2.78 bits per heavy atom. The minimum absolute atomic E-state index is 0.102. The van der Waals surface area contributed by atoms with E-state index in [4.69, 9.17) is 4.74 Å². The first-order valence-corrected chi connectivity index (χ1v) is 6.11. The first-order chi connectivity index (χ1) is 8.77. The molecule has 1 aliphatic heterocycles. The molecule has 2 amide bonds. The molecule has 0 spiro atoms. The van der Waals surface area contributed by atoms with Crippen LogP contribution in [0.5, 0.6) is 0 Å². The number of hydrogen-bond acceptors (Lipinski definition) is 2. The van der Waals surface area contributed by atoms with E-state index < -0.39 is 0 Å². The standard InChI is InChI=1S/C13H17FN2O2/c14-12-4-2-1-3-11(12)5-6-15-13(17)16-7-9-18-10-8-16/h1-4H,5-10H2,(H,15,17). The minimum atomic E-state index is -0.224. The maximum absolute atomic E-state index is 13.3. The quantitative estimate of drug-likeness (QED) is 0.883. The first kappa shape index (κ1) is 12.8. The summed E-state index contributed by atoms with van der Waals surface area (Å²) < 4.78 is 18.5. The van der Waals surface area contributed by atoms with Crippen molar-refractivity contribution in [1.82, 2.24) is 10.2 Å². The van der Waals surface area contributed by atoms with Gasteiger partial charge in [0.1, 0.15) is 5.82 Å². The van der Waals surface area contributed by atoms with Crippen molar-refractivity contribution in [1.29, 1.82) is 0 Å². The van der Waals surface area contributed by atoms with Crippen LogP contribution in [0.15, 0.2) is 24.3 Å². The summed E-state index contributed by atoms with van der Waals surface area (Å²) in [5, 5.41) is 2.79. The summed E-state index contributed by atoms with van der Waals surface area (Å²) in [6.07, 6.45) is 0.503. The number of rotatable bonds is 3. The smallest absolute Gasteiger partial charge is 0.317 e. The van der Waals surface area contributed by atoms with Gasteiger partial charge in [0.2, 0.25) is 0 Å². The Morgan fingerprint density at radius 2 is 2.06 bits per heavy atom. The molecule has 5 heteroatoms. The van der Waals surface area contributed by atoms with Crippen LogP contribution in [0.3, 0.4) is 0 Å². The molecule has 1 N–H and O–H groups in total. The molecule has 18 heavy (non-hydrogen) atoms. The van der Waals surface area contributed by atoms with Crippen molar-refractivity contribution in [2.75, 3.05) is 32.8 Å². The molecule has 1 heterocycles. The summed E-state index contributed by atoms with van der Waals surface area (Å²) in [4.78, 5) is 13.5. The molecule has 0 aromatic heterocycles. The number of urea groups is 1. The lowest BCUT2D eigenvalue weighted by Crippen LogP contribution is -2.46. The summed E-state index contributed by atoms with van der Waals surface area (Å²) in [5.74, 6) is -0.224. The predicted octanol–water partition coefficient (Wildman–Crippen LogP) is 1.41. The fourth-order valence-electron chi connectivity index (χ4n) is 1.88. The van der Waals surface area contributed by atoms with Gasteiger partial charge in [0.05, 0.1) is 13.2 Å². The number of carbonyl (C=O) groups excluding carboxylic acids is 1. The van der Waals surface area contributed by atoms with E-state index in [9.17, 15) is 9.18 Å². The van der Waals surface area contributed by atoms with Crippen molar-refractivity contribution < 1.29 is 13.9 Å².